The van der Waals surface area contributed by atoms with E-state index in [2.05, 4.69) is 13.8 Å². The Morgan fingerprint density at radius 3 is 2.45 bits per heavy atom. The molecule has 0 saturated carbocycles. The molecule has 0 aliphatic carbocycles. The van der Waals surface area contributed by atoms with E-state index in [1.807, 2.05) is 6.92 Å². The molecule has 0 aliphatic rings. The molecule has 0 bridgehead atoms. The number of benzene rings is 1. The summed E-state index contributed by atoms with van der Waals surface area (Å²) < 4.78 is 0. The SMILES string of the molecule is CC(C)CC(C)N(C)c1cc([N+](=O)[O-])ccc1C(=O)O. The van der Waals surface area contributed by atoms with Crippen molar-refractivity contribution in [1.29, 1.82) is 0 Å². The van der Waals surface area contributed by atoms with Gasteiger partial charge < -0.3 is 10.0 Å². The Balaban J connectivity index is 3.21. The summed E-state index contributed by atoms with van der Waals surface area (Å²) in [4.78, 5) is 23.4. The Hall–Kier alpha value is -2.11. The molecule has 0 aromatic heterocycles. The minimum absolute atomic E-state index is 0.0775. The van der Waals surface area contributed by atoms with E-state index < -0.39 is 10.9 Å². The van der Waals surface area contributed by atoms with Gasteiger partial charge in [-0.25, -0.2) is 4.79 Å². The molecule has 1 aromatic rings. The van der Waals surface area contributed by atoms with Gasteiger partial charge in [0, 0.05) is 25.2 Å². The fraction of sp³-hybridized carbons (Fsp3) is 0.500. The lowest BCUT2D eigenvalue weighted by Gasteiger charge is -2.29. The number of carboxylic acids is 1. The van der Waals surface area contributed by atoms with Crippen LogP contribution in [0.25, 0.3) is 0 Å². The van der Waals surface area contributed by atoms with Crippen LogP contribution >= 0.6 is 0 Å². The van der Waals surface area contributed by atoms with Crippen LogP contribution < -0.4 is 4.90 Å². The fourth-order valence-electron chi connectivity index (χ4n) is 2.18. The molecule has 6 nitrogen and oxygen atoms in total. The van der Waals surface area contributed by atoms with Crippen molar-refractivity contribution in [3.05, 3.63) is 33.9 Å². The maximum absolute atomic E-state index is 11.3. The molecule has 1 aromatic carbocycles. The first-order valence-corrected chi connectivity index (χ1v) is 6.48. The first-order chi connectivity index (χ1) is 9.23. The maximum Gasteiger partial charge on any atom is 0.337 e. The van der Waals surface area contributed by atoms with E-state index in [4.69, 9.17) is 0 Å². The van der Waals surface area contributed by atoms with Crippen molar-refractivity contribution >= 4 is 17.3 Å². The number of anilines is 1. The third kappa shape index (κ3) is 3.69. The highest BCUT2D eigenvalue weighted by Gasteiger charge is 2.21. The average molecular weight is 280 g/mol. The first-order valence-electron chi connectivity index (χ1n) is 6.48. The summed E-state index contributed by atoms with van der Waals surface area (Å²) in [6.45, 7) is 6.14. The van der Waals surface area contributed by atoms with Gasteiger partial charge in [0.15, 0.2) is 0 Å². The topological polar surface area (TPSA) is 83.7 Å². The Labute approximate surface area is 118 Å². The van der Waals surface area contributed by atoms with E-state index in [1.54, 1.807) is 11.9 Å². The summed E-state index contributed by atoms with van der Waals surface area (Å²) in [7, 11) is 1.76. The lowest BCUT2D eigenvalue weighted by Crippen LogP contribution is -2.31. The van der Waals surface area contributed by atoms with Gasteiger partial charge in [-0.2, -0.15) is 0 Å². The average Bonchev–Trinajstić information content (AvgIpc) is 2.35. The van der Waals surface area contributed by atoms with Crippen LogP contribution in [0.3, 0.4) is 0 Å². The molecule has 1 atom stereocenters. The Kier molecular flexibility index (Phi) is 5.07. The smallest absolute Gasteiger partial charge is 0.337 e. The minimum Gasteiger partial charge on any atom is -0.478 e. The van der Waals surface area contributed by atoms with Crippen LogP contribution in [-0.4, -0.2) is 29.1 Å². The van der Waals surface area contributed by atoms with Gasteiger partial charge in [-0.05, 0) is 25.3 Å². The van der Waals surface area contributed by atoms with Gasteiger partial charge >= 0.3 is 5.97 Å². The molecular formula is C14H20N2O4. The summed E-state index contributed by atoms with van der Waals surface area (Å²) in [5.74, 6) is -0.627. The third-order valence-corrected chi connectivity index (χ3v) is 3.28. The van der Waals surface area contributed by atoms with E-state index in [1.165, 1.54) is 18.2 Å². The van der Waals surface area contributed by atoms with E-state index >= 15 is 0 Å². The van der Waals surface area contributed by atoms with Crippen LogP contribution in [0.15, 0.2) is 18.2 Å². The highest BCUT2D eigenvalue weighted by Crippen LogP contribution is 2.28. The highest BCUT2D eigenvalue weighted by molar-refractivity contribution is 5.95. The zero-order valence-electron chi connectivity index (χ0n) is 12.2. The van der Waals surface area contributed by atoms with E-state index in [0.29, 0.717) is 11.6 Å². The Morgan fingerprint density at radius 1 is 1.40 bits per heavy atom. The van der Waals surface area contributed by atoms with Gasteiger partial charge in [0.1, 0.15) is 0 Å². The van der Waals surface area contributed by atoms with Crippen LogP contribution in [0.2, 0.25) is 0 Å². The lowest BCUT2D eigenvalue weighted by atomic mass is 10.0. The predicted octanol–water partition coefficient (Wildman–Crippen LogP) is 3.16. The molecule has 0 fully saturated rings. The van der Waals surface area contributed by atoms with Crippen LogP contribution in [0.4, 0.5) is 11.4 Å². The van der Waals surface area contributed by atoms with Gasteiger partial charge in [-0.3, -0.25) is 10.1 Å². The fourth-order valence-corrected chi connectivity index (χ4v) is 2.18. The number of non-ortho nitro benzene ring substituents is 1. The number of carbonyl (C=O) groups is 1. The molecule has 0 saturated heterocycles. The number of rotatable bonds is 6. The van der Waals surface area contributed by atoms with Crippen molar-refractivity contribution < 1.29 is 14.8 Å². The van der Waals surface area contributed by atoms with Crippen molar-refractivity contribution in [3.8, 4) is 0 Å². The largest absolute Gasteiger partial charge is 0.478 e. The van der Waals surface area contributed by atoms with Crippen molar-refractivity contribution in [3.63, 3.8) is 0 Å². The van der Waals surface area contributed by atoms with Crippen LogP contribution in [-0.2, 0) is 0 Å². The van der Waals surface area contributed by atoms with Gasteiger partial charge in [0.2, 0.25) is 0 Å². The van der Waals surface area contributed by atoms with Crippen molar-refractivity contribution in [2.24, 2.45) is 5.92 Å². The number of nitro groups is 1. The van der Waals surface area contributed by atoms with Crippen molar-refractivity contribution in [2.75, 3.05) is 11.9 Å². The molecule has 1 unspecified atom stereocenters. The van der Waals surface area contributed by atoms with Gasteiger partial charge in [-0.15, -0.1) is 0 Å². The zero-order valence-corrected chi connectivity index (χ0v) is 12.2. The standard InChI is InChI=1S/C14H20N2O4/c1-9(2)7-10(3)15(4)13-8-11(16(19)20)5-6-12(13)14(17)18/h5-6,8-10H,7H2,1-4H3,(H,17,18). The number of nitro benzene ring substituents is 1. The molecule has 6 heteroatoms. The quantitative estimate of drug-likeness (QED) is 0.639. The van der Waals surface area contributed by atoms with Gasteiger partial charge in [0.05, 0.1) is 16.2 Å². The summed E-state index contributed by atoms with van der Waals surface area (Å²) in [5, 5.41) is 20.1. The third-order valence-electron chi connectivity index (χ3n) is 3.28. The summed E-state index contributed by atoms with van der Waals surface area (Å²) >= 11 is 0. The second-order valence-electron chi connectivity index (χ2n) is 5.35. The Bertz CT molecular complexity index is 514. The van der Waals surface area contributed by atoms with E-state index in [9.17, 15) is 20.0 Å². The summed E-state index contributed by atoms with van der Waals surface area (Å²) in [6.07, 6.45) is 0.873. The van der Waals surface area contributed by atoms with Crippen LogP contribution in [0.5, 0.6) is 0 Å². The molecule has 0 heterocycles. The number of hydrogen-bond donors (Lipinski definition) is 1. The zero-order chi connectivity index (χ0) is 15.4. The normalized spacial score (nSPS) is 12.2. The second kappa shape index (κ2) is 6.36. The molecule has 110 valence electrons. The first kappa shape index (κ1) is 15.9. The molecule has 0 amide bonds. The molecule has 0 radical (unpaired) electrons. The van der Waals surface area contributed by atoms with Gasteiger partial charge in [0.25, 0.3) is 5.69 Å². The number of hydrogen-bond acceptors (Lipinski definition) is 4. The second-order valence-corrected chi connectivity index (χ2v) is 5.35. The Morgan fingerprint density at radius 2 is 2.00 bits per heavy atom. The van der Waals surface area contributed by atoms with Gasteiger partial charge in [-0.1, -0.05) is 13.8 Å². The van der Waals surface area contributed by atoms with Crippen molar-refractivity contribution in [1.82, 2.24) is 0 Å². The molecule has 0 aliphatic heterocycles. The van der Waals surface area contributed by atoms with E-state index in [-0.39, 0.29) is 17.3 Å². The van der Waals surface area contributed by atoms with E-state index in [0.717, 1.165) is 6.42 Å². The van der Waals surface area contributed by atoms with Crippen molar-refractivity contribution in [2.45, 2.75) is 33.2 Å². The maximum atomic E-state index is 11.3. The molecule has 0 spiro atoms. The van der Waals surface area contributed by atoms with Crippen LogP contribution in [0.1, 0.15) is 37.6 Å². The lowest BCUT2D eigenvalue weighted by molar-refractivity contribution is -0.384. The summed E-state index contributed by atoms with van der Waals surface area (Å²) in [5.41, 5.74) is 0.349. The molecular weight excluding hydrogens is 260 g/mol. The predicted molar refractivity (Wildman–Crippen MR) is 77.4 cm³/mol. The number of nitrogens with zero attached hydrogens (tertiary/aromatic N) is 2. The number of aromatic carboxylic acids is 1. The molecule has 1 N–H and O–H groups in total. The summed E-state index contributed by atoms with van der Waals surface area (Å²) in [6, 6.07) is 3.91. The molecule has 20 heavy (non-hydrogen) atoms. The monoisotopic (exact) mass is 280 g/mol. The van der Waals surface area contributed by atoms with Crippen LogP contribution in [0, 0.1) is 16.0 Å². The molecule has 1 rings (SSSR count). The minimum atomic E-state index is -1.08. The highest BCUT2D eigenvalue weighted by atomic mass is 16.6. The number of carboxylic acid groups (broad SMARTS) is 1.